The fraction of sp³-hybridized carbons (Fsp3) is 0.857. The van der Waals surface area contributed by atoms with E-state index < -0.39 is 12.0 Å². The fourth-order valence-corrected chi connectivity index (χ4v) is 2.22. The minimum Gasteiger partial charge on any atom is -0.480 e. The minimum absolute atomic E-state index is 0.277. The first-order valence-electron chi connectivity index (χ1n) is 7.37. The maximum Gasteiger partial charge on any atom is 0.326 e. The lowest BCUT2D eigenvalue weighted by atomic mass is 10.0. The summed E-state index contributed by atoms with van der Waals surface area (Å²) in [5.74, 6) is -0.408. The number of carbonyl (C=O) groups is 2. The highest BCUT2D eigenvalue weighted by Crippen LogP contribution is 2.17. The Morgan fingerprint density at radius 1 is 1.40 bits per heavy atom. The van der Waals surface area contributed by atoms with Crippen LogP contribution in [0.1, 0.15) is 39.5 Å². The van der Waals surface area contributed by atoms with Crippen molar-refractivity contribution in [1.29, 1.82) is 0 Å². The van der Waals surface area contributed by atoms with Gasteiger partial charge < -0.3 is 20.1 Å². The van der Waals surface area contributed by atoms with Crippen LogP contribution in [0.5, 0.6) is 0 Å². The van der Waals surface area contributed by atoms with E-state index in [-0.39, 0.29) is 6.03 Å². The number of likely N-dealkylation sites (tertiary alicyclic amines) is 1. The van der Waals surface area contributed by atoms with Gasteiger partial charge in [0.05, 0.1) is 0 Å². The zero-order valence-corrected chi connectivity index (χ0v) is 12.4. The topological polar surface area (TPSA) is 78.9 Å². The van der Waals surface area contributed by atoms with Crippen molar-refractivity contribution < 1.29 is 19.4 Å². The van der Waals surface area contributed by atoms with Gasteiger partial charge in [0.2, 0.25) is 0 Å². The van der Waals surface area contributed by atoms with Crippen molar-refractivity contribution in [2.45, 2.75) is 45.6 Å². The number of nitrogens with zero attached hydrogens (tertiary/aromatic N) is 1. The number of nitrogens with one attached hydrogen (secondary N) is 1. The monoisotopic (exact) mass is 286 g/mol. The molecule has 1 aliphatic rings. The molecule has 6 heteroatoms. The smallest absolute Gasteiger partial charge is 0.326 e. The van der Waals surface area contributed by atoms with Crippen molar-refractivity contribution in [3.05, 3.63) is 0 Å². The second-order valence-electron chi connectivity index (χ2n) is 5.60. The van der Waals surface area contributed by atoms with Gasteiger partial charge in [-0.15, -0.1) is 0 Å². The van der Waals surface area contributed by atoms with Crippen LogP contribution in [0.3, 0.4) is 0 Å². The van der Waals surface area contributed by atoms with E-state index in [2.05, 4.69) is 19.2 Å². The van der Waals surface area contributed by atoms with Gasteiger partial charge in [-0.1, -0.05) is 13.8 Å². The molecule has 0 radical (unpaired) electrons. The molecule has 1 unspecified atom stereocenters. The van der Waals surface area contributed by atoms with E-state index in [1.165, 1.54) is 4.90 Å². The summed E-state index contributed by atoms with van der Waals surface area (Å²) in [6.07, 6.45) is 3.02. The summed E-state index contributed by atoms with van der Waals surface area (Å²) in [5.41, 5.74) is 0. The Hall–Kier alpha value is -1.30. The Morgan fingerprint density at radius 2 is 2.15 bits per heavy atom. The average molecular weight is 286 g/mol. The highest BCUT2D eigenvalue weighted by atomic mass is 16.5. The maximum absolute atomic E-state index is 12.0. The molecular weight excluding hydrogens is 260 g/mol. The van der Waals surface area contributed by atoms with Crippen LogP contribution in [-0.2, 0) is 9.53 Å². The van der Waals surface area contributed by atoms with Crippen LogP contribution in [-0.4, -0.2) is 54.4 Å². The summed E-state index contributed by atoms with van der Waals surface area (Å²) in [7, 11) is 0. The summed E-state index contributed by atoms with van der Waals surface area (Å²) < 4.78 is 5.42. The third kappa shape index (κ3) is 5.77. The molecule has 1 aliphatic heterocycles. The molecule has 20 heavy (non-hydrogen) atoms. The van der Waals surface area contributed by atoms with Crippen LogP contribution in [0.25, 0.3) is 0 Å². The van der Waals surface area contributed by atoms with Gasteiger partial charge in [-0.3, -0.25) is 0 Å². The molecule has 1 atom stereocenters. The molecule has 2 amide bonds. The van der Waals surface area contributed by atoms with Crippen LogP contribution in [0.15, 0.2) is 0 Å². The number of piperidine rings is 1. The van der Waals surface area contributed by atoms with Crippen LogP contribution in [0.4, 0.5) is 4.79 Å². The summed E-state index contributed by atoms with van der Waals surface area (Å²) in [6, 6.07) is -0.957. The predicted octanol–water partition coefficient (Wildman–Crippen LogP) is 1.70. The lowest BCUT2D eigenvalue weighted by molar-refractivity contribution is -0.143. The number of urea groups is 1. The molecule has 0 spiro atoms. The van der Waals surface area contributed by atoms with Crippen molar-refractivity contribution in [2.24, 2.45) is 5.92 Å². The zero-order valence-electron chi connectivity index (χ0n) is 12.4. The van der Waals surface area contributed by atoms with E-state index in [0.717, 1.165) is 25.9 Å². The molecule has 0 aromatic carbocycles. The Balaban J connectivity index is 2.22. The number of aliphatic carboxylic acids is 1. The number of amides is 2. The van der Waals surface area contributed by atoms with E-state index >= 15 is 0 Å². The van der Waals surface area contributed by atoms with Gasteiger partial charge in [0.15, 0.2) is 0 Å². The summed E-state index contributed by atoms with van der Waals surface area (Å²) in [6.45, 7) is 6.54. The zero-order chi connectivity index (χ0) is 15.0. The van der Waals surface area contributed by atoms with Crippen molar-refractivity contribution in [3.8, 4) is 0 Å². The van der Waals surface area contributed by atoms with Gasteiger partial charge in [-0.2, -0.15) is 0 Å². The standard InChI is InChI=1S/C14H26N2O4/c1-11(2)10-20-9-5-7-15-14(19)16-8-4-3-6-12(16)13(17)18/h11-12H,3-10H2,1-2H3,(H,15,19)(H,17,18). The highest BCUT2D eigenvalue weighted by molar-refractivity contribution is 5.82. The van der Waals surface area contributed by atoms with Gasteiger partial charge >= 0.3 is 12.0 Å². The molecule has 6 nitrogen and oxygen atoms in total. The largest absolute Gasteiger partial charge is 0.480 e. The molecule has 116 valence electrons. The quantitative estimate of drug-likeness (QED) is 0.698. The number of hydrogen-bond acceptors (Lipinski definition) is 3. The molecule has 1 rings (SSSR count). The van der Waals surface area contributed by atoms with Crippen LogP contribution in [0, 0.1) is 5.92 Å². The Bertz CT molecular complexity index is 320. The van der Waals surface area contributed by atoms with Gasteiger partial charge in [-0.05, 0) is 31.6 Å². The van der Waals surface area contributed by atoms with Crippen LogP contribution in [0.2, 0.25) is 0 Å². The van der Waals surface area contributed by atoms with E-state index in [9.17, 15) is 9.59 Å². The van der Waals surface area contributed by atoms with E-state index in [0.29, 0.717) is 32.0 Å². The second-order valence-corrected chi connectivity index (χ2v) is 5.60. The van der Waals surface area contributed by atoms with Crippen LogP contribution < -0.4 is 5.32 Å². The first-order valence-corrected chi connectivity index (χ1v) is 7.37. The second kappa shape index (κ2) is 8.79. The maximum atomic E-state index is 12.0. The van der Waals surface area contributed by atoms with Crippen molar-refractivity contribution in [3.63, 3.8) is 0 Å². The Morgan fingerprint density at radius 3 is 2.80 bits per heavy atom. The number of carbonyl (C=O) groups excluding carboxylic acids is 1. The number of carboxylic acid groups (broad SMARTS) is 1. The molecule has 2 N–H and O–H groups in total. The lowest BCUT2D eigenvalue weighted by Crippen LogP contribution is -2.52. The van der Waals surface area contributed by atoms with Gasteiger partial charge in [-0.25, -0.2) is 9.59 Å². The Labute approximate surface area is 120 Å². The SMILES string of the molecule is CC(C)COCCCNC(=O)N1CCCCC1C(=O)O. The molecule has 1 heterocycles. The van der Waals surface area contributed by atoms with E-state index in [4.69, 9.17) is 9.84 Å². The number of rotatable bonds is 7. The molecule has 0 aromatic rings. The molecule has 0 bridgehead atoms. The van der Waals surface area contributed by atoms with Crippen molar-refractivity contribution in [1.82, 2.24) is 10.2 Å². The third-order valence-electron chi connectivity index (χ3n) is 3.24. The highest BCUT2D eigenvalue weighted by Gasteiger charge is 2.31. The first kappa shape index (κ1) is 16.8. The number of ether oxygens (including phenoxy) is 1. The molecular formula is C14H26N2O4. The van der Waals surface area contributed by atoms with Crippen LogP contribution >= 0.6 is 0 Å². The predicted molar refractivity (Wildman–Crippen MR) is 75.7 cm³/mol. The molecule has 1 saturated heterocycles. The van der Waals surface area contributed by atoms with E-state index in [1.807, 2.05) is 0 Å². The van der Waals surface area contributed by atoms with Gasteiger partial charge in [0.1, 0.15) is 6.04 Å². The van der Waals surface area contributed by atoms with Crippen molar-refractivity contribution in [2.75, 3.05) is 26.3 Å². The average Bonchev–Trinajstić information content (AvgIpc) is 2.42. The summed E-state index contributed by atoms with van der Waals surface area (Å²) >= 11 is 0. The number of hydrogen-bond donors (Lipinski definition) is 2. The van der Waals surface area contributed by atoms with Crippen molar-refractivity contribution >= 4 is 12.0 Å². The normalized spacial score (nSPS) is 19.1. The lowest BCUT2D eigenvalue weighted by Gasteiger charge is -2.32. The molecule has 0 saturated carbocycles. The first-order chi connectivity index (χ1) is 9.52. The molecule has 0 aromatic heterocycles. The molecule has 0 aliphatic carbocycles. The van der Waals surface area contributed by atoms with E-state index in [1.54, 1.807) is 0 Å². The summed E-state index contributed by atoms with van der Waals surface area (Å²) in [4.78, 5) is 24.5. The number of carboxylic acids is 1. The minimum atomic E-state index is -0.917. The fourth-order valence-electron chi connectivity index (χ4n) is 2.22. The summed E-state index contributed by atoms with van der Waals surface area (Å²) in [5, 5.41) is 11.9. The third-order valence-corrected chi connectivity index (χ3v) is 3.24. The Kier molecular flexibility index (Phi) is 7.36. The van der Waals surface area contributed by atoms with Gasteiger partial charge in [0.25, 0.3) is 0 Å². The van der Waals surface area contributed by atoms with Gasteiger partial charge in [0, 0.05) is 26.3 Å². The molecule has 1 fully saturated rings.